The Balaban J connectivity index is 1.65. The number of unbranched alkanes of at least 4 members (excludes halogenated alkanes) is 1. The summed E-state index contributed by atoms with van der Waals surface area (Å²) in [6, 6.07) is 6.79. The summed E-state index contributed by atoms with van der Waals surface area (Å²) in [5.74, 6) is -0.999. The number of esters is 1. The Labute approximate surface area is 157 Å². The zero-order chi connectivity index (χ0) is 19.4. The second-order valence-electron chi connectivity index (χ2n) is 6.69. The minimum absolute atomic E-state index is 0.0274. The number of fused-ring (bicyclic) bond motifs is 1. The van der Waals surface area contributed by atoms with Crippen LogP contribution < -0.4 is 0 Å². The van der Waals surface area contributed by atoms with E-state index in [1.807, 2.05) is 13.0 Å². The number of hydrogen-bond donors (Lipinski definition) is 1. The number of aromatic nitrogens is 2. The van der Waals surface area contributed by atoms with Crippen molar-refractivity contribution < 1.29 is 22.7 Å². The van der Waals surface area contributed by atoms with E-state index in [4.69, 9.17) is 4.74 Å². The molecule has 0 spiro atoms. The van der Waals surface area contributed by atoms with Crippen molar-refractivity contribution in [1.29, 1.82) is 0 Å². The van der Waals surface area contributed by atoms with Crippen LogP contribution in [0.1, 0.15) is 36.7 Å². The summed E-state index contributed by atoms with van der Waals surface area (Å²) < 4.78 is 28.7. The van der Waals surface area contributed by atoms with Crippen molar-refractivity contribution in [3.05, 3.63) is 30.0 Å². The number of para-hydroxylation sites is 1. The first kappa shape index (κ1) is 19.3. The lowest BCUT2D eigenvalue weighted by Gasteiger charge is -2.28. The second-order valence-corrected chi connectivity index (χ2v) is 8.92. The molecule has 2 aromatic rings. The summed E-state index contributed by atoms with van der Waals surface area (Å²) >= 11 is 0. The van der Waals surface area contributed by atoms with Crippen molar-refractivity contribution in [2.45, 2.75) is 32.2 Å². The van der Waals surface area contributed by atoms with Crippen LogP contribution >= 0.6 is 0 Å². The van der Waals surface area contributed by atoms with E-state index < -0.39 is 22.4 Å². The molecule has 1 atom stereocenters. The van der Waals surface area contributed by atoms with Gasteiger partial charge in [-0.15, -0.1) is 0 Å². The van der Waals surface area contributed by atoms with Crippen LogP contribution in [0.2, 0.25) is 0 Å². The van der Waals surface area contributed by atoms with Gasteiger partial charge in [0.2, 0.25) is 0 Å². The normalized spacial score (nSPS) is 18.5. The first-order valence-corrected chi connectivity index (χ1v) is 10.8. The summed E-state index contributed by atoms with van der Waals surface area (Å²) in [6.45, 7) is 2.02. The molecule has 0 unspecified atom stereocenters. The topological polar surface area (TPSA) is 109 Å². The minimum atomic E-state index is -3.11. The molecule has 27 heavy (non-hydrogen) atoms. The fraction of sp³-hybridized carbons (Fsp3) is 0.500. The van der Waals surface area contributed by atoms with E-state index >= 15 is 0 Å². The molecule has 2 heterocycles. The maximum atomic E-state index is 12.6. The molecule has 0 saturated carbocycles. The lowest BCUT2D eigenvalue weighted by molar-refractivity contribution is -0.136. The van der Waals surface area contributed by atoms with Gasteiger partial charge in [-0.1, -0.05) is 31.5 Å². The van der Waals surface area contributed by atoms with Crippen LogP contribution in [0.5, 0.6) is 0 Å². The van der Waals surface area contributed by atoms with Crippen LogP contribution in [-0.4, -0.2) is 66.1 Å². The Kier molecular flexibility index (Phi) is 5.79. The van der Waals surface area contributed by atoms with Gasteiger partial charge in [0.05, 0.1) is 17.0 Å². The fourth-order valence-electron chi connectivity index (χ4n) is 3.26. The molecule has 9 heteroatoms. The van der Waals surface area contributed by atoms with Gasteiger partial charge in [-0.2, -0.15) is 5.10 Å². The molecule has 1 aromatic carbocycles. The Morgan fingerprint density at radius 1 is 1.33 bits per heavy atom. The Bertz CT molecular complexity index is 937. The van der Waals surface area contributed by atoms with E-state index in [-0.39, 0.29) is 29.1 Å². The van der Waals surface area contributed by atoms with Gasteiger partial charge in [-0.05, 0) is 18.9 Å². The number of H-pyrrole nitrogens is 1. The minimum Gasteiger partial charge on any atom is -0.451 e. The average Bonchev–Trinajstić information content (AvgIpc) is 3.23. The average molecular weight is 393 g/mol. The molecule has 1 N–H and O–H groups in total. The maximum Gasteiger partial charge on any atom is 0.359 e. The lowest BCUT2D eigenvalue weighted by Crippen LogP contribution is -2.43. The number of aromatic amines is 1. The fourth-order valence-corrected chi connectivity index (χ4v) is 4.99. The van der Waals surface area contributed by atoms with Gasteiger partial charge in [-0.3, -0.25) is 9.89 Å². The van der Waals surface area contributed by atoms with Gasteiger partial charge >= 0.3 is 5.97 Å². The van der Waals surface area contributed by atoms with Crippen molar-refractivity contribution >= 4 is 32.6 Å². The number of benzene rings is 1. The van der Waals surface area contributed by atoms with E-state index in [1.54, 1.807) is 23.1 Å². The summed E-state index contributed by atoms with van der Waals surface area (Å²) in [7, 11) is -3.11. The predicted octanol–water partition coefficient (Wildman–Crippen LogP) is 1.54. The van der Waals surface area contributed by atoms with E-state index in [1.165, 1.54) is 0 Å². The number of carbonyl (C=O) groups is 2. The molecular formula is C18H23N3O5S. The second kappa shape index (κ2) is 8.08. The molecule has 146 valence electrons. The molecular weight excluding hydrogens is 370 g/mol. The molecule has 8 nitrogen and oxygen atoms in total. The van der Waals surface area contributed by atoms with Crippen molar-refractivity contribution in [3.63, 3.8) is 0 Å². The van der Waals surface area contributed by atoms with Crippen LogP contribution in [0.3, 0.4) is 0 Å². The number of amides is 1. The quantitative estimate of drug-likeness (QED) is 0.715. The smallest absolute Gasteiger partial charge is 0.359 e. The Morgan fingerprint density at radius 2 is 2.11 bits per heavy atom. The van der Waals surface area contributed by atoms with E-state index in [0.29, 0.717) is 23.9 Å². The number of nitrogens with one attached hydrogen (secondary N) is 1. The highest BCUT2D eigenvalue weighted by molar-refractivity contribution is 7.91. The van der Waals surface area contributed by atoms with Crippen LogP contribution in [0.15, 0.2) is 24.3 Å². The third kappa shape index (κ3) is 4.47. The van der Waals surface area contributed by atoms with Crippen molar-refractivity contribution in [3.8, 4) is 0 Å². The SMILES string of the molecule is CCCCN(C(=O)COC(=O)c1n[nH]c2ccccc12)[C@@H]1CCS(=O)(=O)C1. The lowest BCUT2D eigenvalue weighted by atomic mass is 10.2. The molecule has 0 radical (unpaired) electrons. The van der Waals surface area contributed by atoms with Crippen LogP contribution in [0.4, 0.5) is 0 Å². The Hall–Kier alpha value is -2.42. The third-order valence-corrected chi connectivity index (χ3v) is 6.46. The zero-order valence-electron chi connectivity index (χ0n) is 15.2. The van der Waals surface area contributed by atoms with Crippen molar-refractivity contribution in [2.75, 3.05) is 24.7 Å². The Morgan fingerprint density at radius 3 is 2.81 bits per heavy atom. The first-order chi connectivity index (χ1) is 12.9. The zero-order valence-corrected chi connectivity index (χ0v) is 16.0. The summed E-state index contributed by atoms with van der Waals surface area (Å²) in [5.41, 5.74) is 0.832. The van der Waals surface area contributed by atoms with Crippen molar-refractivity contribution in [1.82, 2.24) is 15.1 Å². The van der Waals surface area contributed by atoms with E-state index in [0.717, 1.165) is 12.8 Å². The van der Waals surface area contributed by atoms with Gasteiger partial charge < -0.3 is 9.64 Å². The van der Waals surface area contributed by atoms with Gasteiger partial charge in [-0.25, -0.2) is 13.2 Å². The third-order valence-electron chi connectivity index (χ3n) is 4.71. The van der Waals surface area contributed by atoms with E-state index in [2.05, 4.69) is 10.2 Å². The molecule has 3 rings (SSSR count). The number of sulfone groups is 1. The molecule has 0 aliphatic carbocycles. The summed E-state index contributed by atoms with van der Waals surface area (Å²) in [5, 5.41) is 7.33. The van der Waals surface area contributed by atoms with Crippen LogP contribution in [0.25, 0.3) is 10.9 Å². The van der Waals surface area contributed by atoms with E-state index in [9.17, 15) is 18.0 Å². The number of nitrogens with zero attached hydrogens (tertiary/aromatic N) is 2. The molecule has 1 aliphatic rings. The number of hydrogen-bond acceptors (Lipinski definition) is 6. The van der Waals surface area contributed by atoms with Crippen LogP contribution in [-0.2, 0) is 19.4 Å². The van der Waals surface area contributed by atoms with Gasteiger partial charge in [0.25, 0.3) is 5.91 Å². The van der Waals surface area contributed by atoms with Gasteiger partial charge in [0.1, 0.15) is 0 Å². The predicted molar refractivity (Wildman–Crippen MR) is 100 cm³/mol. The molecule has 1 fully saturated rings. The molecule has 1 aromatic heterocycles. The first-order valence-electron chi connectivity index (χ1n) is 9.01. The molecule has 1 aliphatic heterocycles. The summed E-state index contributed by atoms with van der Waals surface area (Å²) in [6.07, 6.45) is 2.07. The monoisotopic (exact) mass is 393 g/mol. The largest absolute Gasteiger partial charge is 0.451 e. The maximum absolute atomic E-state index is 12.6. The van der Waals surface area contributed by atoms with Crippen LogP contribution in [0, 0.1) is 0 Å². The summed E-state index contributed by atoms with van der Waals surface area (Å²) in [4.78, 5) is 26.5. The highest BCUT2D eigenvalue weighted by Gasteiger charge is 2.34. The number of carbonyl (C=O) groups excluding carboxylic acids is 2. The molecule has 0 bridgehead atoms. The molecule has 1 saturated heterocycles. The number of ether oxygens (including phenoxy) is 1. The standard InChI is InChI=1S/C18H23N3O5S/c1-2-3-9-21(13-8-10-27(24,25)12-13)16(22)11-26-18(23)17-14-6-4-5-7-15(14)19-20-17/h4-7,13H,2-3,8-12H2,1H3,(H,19,20)/t13-/m1/s1. The van der Waals surface area contributed by atoms with Gasteiger partial charge in [0, 0.05) is 18.0 Å². The van der Waals surface area contributed by atoms with Gasteiger partial charge in [0.15, 0.2) is 22.1 Å². The number of rotatable bonds is 7. The highest BCUT2D eigenvalue weighted by atomic mass is 32.2. The van der Waals surface area contributed by atoms with Crippen molar-refractivity contribution in [2.24, 2.45) is 0 Å². The molecule has 1 amide bonds. The highest BCUT2D eigenvalue weighted by Crippen LogP contribution is 2.19.